The van der Waals surface area contributed by atoms with E-state index in [-0.39, 0.29) is 16.1 Å². The summed E-state index contributed by atoms with van der Waals surface area (Å²) < 4.78 is 0. The summed E-state index contributed by atoms with van der Waals surface area (Å²) in [6.45, 7) is 20.0. The minimum Gasteiger partial charge on any atom is -0.340 e. The Bertz CT molecular complexity index is 454. The molecule has 126 valence electrons. The van der Waals surface area contributed by atoms with Crippen molar-refractivity contribution in [3.8, 4) is 0 Å². The molecule has 1 rings (SSSR count). The van der Waals surface area contributed by atoms with E-state index in [1.54, 1.807) is 0 Å². The fourth-order valence-electron chi connectivity index (χ4n) is 1.87. The topological polar surface area (TPSA) is 41.9 Å². The first-order chi connectivity index (χ1) is 9.91. The normalized spacial score (nSPS) is 15.5. The summed E-state index contributed by atoms with van der Waals surface area (Å²) >= 11 is 5.95. The molecule has 0 bridgehead atoms. The van der Waals surface area contributed by atoms with Crippen molar-refractivity contribution >= 4 is 17.5 Å². The Hall–Kier alpha value is -0.900. The van der Waals surface area contributed by atoms with Crippen molar-refractivity contribution in [1.29, 1.82) is 0 Å². The van der Waals surface area contributed by atoms with Crippen LogP contribution in [0.25, 0.3) is 0 Å². The molecule has 22 heavy (non-hydrogen) atoms. The molecule has 0 aromatic carbocycles. The Labute approximate surface area is 140 Å². The largest absolute Gasteiger partial charge is 0.340 e. The summed E-state index contributed by atoms with van der Waals surface area (Å²) in [6.07, 6.45) is 1.49. The minimum atomic E-state index is 0.236. The van der Waals surface area contributed by atoms with Crippen LogP contribution in [0.1, 0.15) is 55.4 Å². The van der Waals surface area contributed by atoms with Crippen LogP contribution in [0.2, 0.25) is 5.28 Å². The van der Waals surface area contributed by atoms with E-state index in [0.29, 0.717) is 17.8 Å². The lowest BCUT2D eigenvalue weighted by Gasteiger charge is -2.37. The van der Waals surface area contributed by atoms with Crippen LogP contribution in [0.5, 0.6) is 0 Å². The molecule has 0 saturated heterocycles. The SMILES string of the molecule is CC(CN(CC(C)C(C)(C)C)c1ncnc(Cl)n1)C(C)(C)C. The van der Waals surface area contributed by atoms with Gasteiger partial charge in [0, 0.05) is 13.1 Å². The molecule has 0 spiro atoms. The van der Waals surface area contributed by atoms with E-state index in [1.165, 1.54) is 6.33 Å². The van der Waals surface area contributed by atoms with Gasteiger partial charge in [0.05, 0.1) is 0 Å². The van der Waals surface area contributed by atoms with Crippen molar-refractivity contribution in [3.05, 3.63) is 11.6 Å². The second-order valence-corrected chi connectivity index (χ2v) is 8.83. The van der Waals surface area contributed by atoms with Crippen molar-refractivity contribution in [2.24, 2.45) is 22.7 Å². The molecule has 2 atom stereocenters. The first-order valence-corrected chi connectivity index (χ1v) is 8.38. The molecular formula is C17H31ClN4. The number of anilines is 1. The third kappa shape index (κ3) is 5.71. The Balaban J connectivity index is 3.00. The fraction of sp³-hybridized carbons (Fsp3) is 0.824. The average molecular weight is 327 g/mol. The van der Waals surface area contributed by atoms with E-state index in [0.717, 1.165) is 13.1 Å². The molecule has 0 aliphatic carbocycles. The van der Waals surface area contributed by atoms with E-state index in [9.17, 15) is 0 Å². The number of aromatic nitrogens is 3. The molecule has 2 unspecified atom stereocenters. The molecule has 5 heteroatoms. The van der Waals surface area contributed by atoms with E-state index in [2.05, 4.69) is 75.2 Å². The second-order valence-electron chi connectivity index (χ2n) is 8.49. The van der Waals surface area contributed by atoms with Gasteiger partial charge in [-0.1, -0.05) is 55.4 Å². The second kappa shape index (κ2) is 7.12. The Kier molecular flexibility index (Phi) is 6.19. The molecular weight excluding hydrogens is 296 g/mol. The number of nitrogens with zero attached hydrogens (tertiary/aromatic N) is 4. The van der Waals surface area contributed by atoms with Gasteiger partial charge in [-0.25, -0.2) is 9.97 Å². The summed E-state index contributed by atoms with van der Waals surface area (Å²) in [6, 6.07) is 0. The van der Waals surface area contributed by atoms with Gasteiger partial charge in [-0.3, -0.25) is 0 Å². The van der Waals surface area contributed by atoms with E-state index in [1.807, 2.05) is 0 Å². The molecule has 0 aliphatic rings. The van der Waals surface area contributed by atoms with Gasteiger partial charge in [0.2, 0.25) is 11.2 Å². The maximum atomic E-state index is 5.95. The monoisotopic (exact) mass is 326 g/mol. The third-order valence-electron chi connectivity index (χ3n) is 4.76. The van der Waals surface area contributed by atoms with Gasteiger partial charge in [0.15, 0.2) is 0 Å². The highest BCUT2D eigenvalue weighted by Gasteiger charge is 2.28. The predicted octanol–water partition coefficient (Wildman–Crippen LogP) is 4.70. The van der Waals surface area contributed by atoms with Crippen molar-refractivity contribution in [2.45, 2.75) is 55.4 Å². The Morgan fingerprint density at radius 1 is 0.955 bits per heavy atom. The summed E-state index contributed by atoms with van der Waals surface area (Å²) in [4.78, 5) is 14.8. The van der Waals surface area contributed by atoms with Gasteiger partial charge < -0.3 is 4.90 Å². The average Bonchev–Trinajstić information content (AvgIpc) is 2.35. The van der Waals surface area contributed by atoms with Crippen LogP contribution in [-0.4, -0.2) is 28.0 Å². The lowest BCUT2D eigenvalue weighted by molar-refractivity contribution is 0.237. The number of rotatable bonds is 5. The van der Waals surface area contributed by atoms with E-state index >= 15 is 0 Å². The lowest BCUT2D eigenvalue weighted by atomic mass is 9.80. The van der Waals surface area contributed by atoms with E-state index < -0.39 is 0 Å². The Morgan fingerprint density at radius 3 is 1.77 bits per heavy atom. The molecule has 1 aromatic rings. The van der Waals surface area contributed by atoms with Crippen LogP contribution in [0.4, 0.5) is 5.95 Å². The van der Waals surface area contributed by atoms with Gasteiger partial charge >= 0.3 is 0 Å². The van der Waals surface area contributed by atoms with Gasteiger partial charge in [-0.05, 0) is 34.3 Å². The zero-order chi connectivity index (χ0) is 17.1. The van der Waals surface area contributed by atoms with Crippen LogP contribution in [-0.2, 0) is 0 Å². The first-order valence-electron chi connectivity index (χ1n) is 8.00. The minimum absolute atomic E-state index is 0.236. The van der Waals surface area contributed by atoms with Gasteiger partial charge in [-0.15, -0.1) is 0 Å². The Morgan fingerprint density at radius 2 is 1.41 bits per heavy atom. The lowest BCUT2D eigenvalue weighted by Crippen LogP contribution is -2.40. The zero-order valence-corrected chi connectivity index (χ0v) is 16.1. The van der Waals surface area contributed by atoms with Crippen LogP contribution in [0.3, 0.4) is 0 Å². The molecule has 0 radical (unpaired) electrons. The van der Waals surface area contributed by atoms with Crippen LogP contribution >= 0.6 is 11.6 Å². The highest BCUT2D eigenvalue weighted by atomic mass is 35.5. The summed E-state index contributed by atoms with van der Waals surface area (Å²) in [5.41, 5.74) is 0.472. The van der Waals surface area contributed by atoms with Crippen LogP contribution in [0, 0.1) is 22.7 Å². The molecule has 0 amide bonds. The maximum Gasteiger partial charge on any atom is 0.229 e. The smallest absolute Gasteiger partial charge is 0.229 e. The van der Waals surface area contributed by atoms with Crippen molar-refractivity contribution in [3.63, 3.8) is 0 Å². The molecule has 1 heterocycles. The van der Waals surface area contributed by atoms with E-state index in [4.69, 9.17) is 11.6 Å². The van der Waals surface area contributed by atoms with Crippen molar-refractivity contribution < 1.29 is 0 Å². The van der Waals surface area contributed by atoms with Gasteiger partial charge in [0.1, 0.15) is 6.33 Å². The molecule has 1 aromatic heterocycles. The summed E-state index contributed by atoms with van der Waals surface area (Å²) in [5, 5.41) is 0.252. The zero-order valence-electron chi connectivity index (χ0n) is 15.3. The first kappa shape index (κ1) is 19.1. The molecule has 0 fully saturated rings. The van der Waals surface area contributed by atoms with Crippen molar-refractivity contribution in [1.82, 2.24) is 15.0 Å². The predicted molar refractivity (Wildman–Crippen MR) is 94.3 cm³/mol. The molecule has 0 saturated carbocycles. The maximum absolute atomic E-state index is 5.95. The molecule has 0 aliphatic heterocycles. The third-order valence-corrected chi connectivity index (χ3v) is 4.94. The van der Waals surface area contributed by atoms with Gasteiger partial charge in [-0.2, -0.15) is 4.98 Å². The van der Waals surface area contributed by atoms with Gasteiger partial charge in [0.25, 0.3) is 0 Å². The van der Waals surface area contributed by atoms with Crippen LogP contribution in [0.15, 0.2) is 6.33 Å². The quantitative estimate of drug-likeness (QED) is 0.786. The standard InChI is InChI=1S/C17H31ClN4/c1-12(16(3,4)5)9-22(10-13(2)17(6,7)8)15-20-11-19-14(18)21-15/h11-13H,9-10H2,1-8H3. The number of hydrogen-bond acceptors (Lipinski definition) is 4. The van der Waals surface area contributed by atoms with Crippen LogP contribution < -0.4 is 4.90 Å². The fourth-order valence-corrected chi connectivity index (χ4v) is 1.99. The highest BCUT2D eigenvalue weighted by molar-refractivity contribution is 6.28. The highest BCUT2D eigenvalue weighted by Crippen LogP contribution is 2.30. The molecule has 4 nitrogen and oxygen atoms in total. The number of hydrogen-bond donors (Lipinski definition) is 0. The summed E-state index contributed by atoms with van der Waals surface area (Å²) in [7, 11) is 0. The number of halogens is 1. The van der Waals surface area contributed by atoms with Crippen molar-refractivity contribution in [2.75, 3.05) is 18.0 Å². The molecule has 0 N–H and O–H groups in total. The summed E-state index contributed by atoms with van der Waals surface area (Å²) in [5.74, 6) is 1.69.